The second kappa shape index (κ2) is 9.71. The topological polar surface area (TPSA) is 61.4 Å². The predicted octanol–water partition coefficient (Wildman–Crippen LogP) is 3.70. The number of amides is 2. The van der Waals surface area contributed by atoms with E-state index in [-0.39, 0.29) is 23.8 Å². The minimum Gasteiger partial charge on any atom is -0.352 e. The molecule has 5 nitrogen and oxygen atoms in total. The molecule has 3 rings (SSSR count). The average Bonchev–Trinajstić information content (AvgIpc) is 2.72. The number of benzene rings is 2. The van der Waals surface area contributed by atoms with Crippen molar-refractivity contribution in [1.29, 1.82) is 0 Å². The van der Waals surface area contributed by atoms with Crippen LogP contribution in [0, 0.1) is 5.92 Å². The number of carbonyl (C=O) groups is 2. The third-order valence-corrected chi connectivity index (χ3v) is 5.46. The number of nitrogens with one attached hydrogen (secondary N) is 2. The molecule has 148 valence electrons. The van der Waals surface area contributed by atoms with Crippen LogP contribution >= 0.6 is 11.6 Å². The van der Waals surface area contributed by atoms with Crippen LogP contribution in [0.15, 0.2) is 54.6 Å². The molecule has 2 amide bonds. The SMILES string of the molecule is CC(C(=O)Nc1cccc(Cl)c1)N1CCC(C(=O)NCc2ccccc2)CC1. The molecule has 0 bridgehead atoms. The maximum Gasteiger partial charge on any atom is 0.241 e. The lowest BCUT2D eigenvalue weighted by Gasteiger charge is -2.34. The second-order valence-corrected chi connectivity index (χ2v) is 7.63. The van der Waals surface area contributed by atoms with E-state index < -0.39 is 0 Å². The zero-order valence-corrected chi connectivity index (χ0v) is 16.8. The summed E-state index contributed by atoms with van der Waals surface area (Å²) < 4.78 is 0. The van der Waals surface area contributed by atoms with Crippen molar-refractivity contribution in [2.75, 3.05) is 18.4 Å². The Kier molecular flexibility index (Phi) is 7.06. The zero-order valence-electron chi connectivity index (χ0n) is 16.0. The van der Waals surface area contributed by atoms with E-state index in [2.05, 4.69) is 15.5 Å². The van der Waals surface area contributed by atoms with Crippen LogP contribution in [-0.4, -0.2) is 35.8 Å². The second-order valence-electron chi connectivity index (χ2n) is 7.19. The summed E-state index contributed by atoms with van der Waals surface area (Å²) in [6.45, 7) is 3.91. The summed E-state index contributed by atoms with van der Waals surface area (Å²) in [5.74, 6) is 0.0388. The Labute approximate surface area is 171 Å². The standard InChI is InChI=1S/C22H26ClN3O2/c1-16(21(27)25-20-9-5-8-19(23)14-20)26-12-10-18(11-13-26)22(28)24-15-17-6-3-2-4-7-17/h2-9,14,16,18H,10-13,15H2,1H3,(H,24,28)(H,25,27). The van der Waals surface area contributed by atoms with Gasteiger partial charge in [-0.05, 0) is 56.6 Å². The highest BCUT2D eigenvalue weighted by Crippen LogP contribution is 2.21. The highest BCUT2D eigenvalue weighted by atomic mass is 35.5. The summed E-state index contributed by atoms with van der Waals surface area (Å²) in [6.07, 6.45) is 1.52. The Bertz CT molecular complexity index is 804. The molecule has 0 aliphatic carbocycles. The van der Waals surface area contributed by atoms with E-state index in [9.17, 15) is 9.59 Å². The zero-order chi connectivity index (χ0) is 19.9. The summed E-state index contributed by atoms with van der Waals surface area (Å²) in [4.78, 5) is 27.1. The van der Waals surface area contributed by atoms with Gasteiger partial charge in [0.05, 0.1) is 6.04 Å². The first-order chi connectivity index (χ1) is 13.5. The fourth-order valence-corrected chi connectivity index (χ4v) is 3.65. The van der Waals surface area contributed by atoms with Crippen LogP contribution in [-0.2, 0) is 16.1 Å². The molecule has 0 spiro atoms. The molecule has 1 aliphatic heterocycles. The van der Waals surface area contributed by atoms with Gasteiger partial charge in [-0.1, -0.05) is 48.0 Å². The number of hydrogen-bond acceptors (Lipinski definition) is 3. The van der Waals surface area contributed by atoms with Gasteiger partial charge in [0.15, 0.2) is 0 Å². The lowest BCUT2D eigenvalue weighted by Crippen LogP contribution is -2.48. The fourth-order valence-electron chi connectivity index (χ4n) is 3.46. The first kappa shape index (κ1) is 20.4. The maximum absolute atomic E-state index is 12.5. The first-order valence-electron chi connectivity index (χ1n) is 9.65. The molecule has 1 unspecified atom stereocenters. The smallest absolute Gasteiger partial charge is 0.241 e. The molecule has 6 heteroatoms. The van der Waals surface area contributed by atoms with Gasteiger partial charge in [-0.3, -0.25) is 14.5 Å². The van der Waals surface area contributed by atoms with Crippen molar-refractivity contribution in [3.63, 3.8) is 0 Å². The van der Waals surface area contributed by atoms with Crippen molar-refractivity contribution in [2.24, 2.45) is 5.92 Å². The van der Waals surface area contributed by atoms with Crippen molar-refractivity contribution in [2.45, 2.75) is 32.4 Å². The van der Waals surface area contributed by atoms with E-state index in [0.29, 0.717) is 17.3 Å². The van der Waals surface area contributed by atoms with Gasteiger partial charge >= 0.3 is 0 Å². The molecule has 0 saturated carbocycles. The number of likely N-dealkylation sites (tertiary alicyclic amines) is 1. The lowest BCUT2D eigenvalue weighted by molar-refractivity contribution is -0.127. The van der Waals surface area contributed by atoms with Gasteiger partial charge in [0.2, 0.25) is 11.8 Å². The van der Waals surface area contributed by atoms with E-state index >= 15 is 0 Å². The maximum atomic E-state index is 12.5. The molecule has 1 atom stereocenters. The van der Waals surface area contributed by atoms with Crippen molar-refractivity contribution in [3.05, 3.63) is 65.2 Å². The molecular formula is C22H26ClN3O2. The summed E-state index contributed by atoms with van der Waals surface area (Å²) in [6, 6.07) is 16.8. The Hall–Kier alpha value is -2.37. The molecule has 2 aromatic carbocycles. The van der Waals surface area contributed by atoms with Gasteiger partial charge in [-0.15, -0.1) is 0 Å². The van der Waals surface area contributed by atoms with Crippen LogP contribution in [0.3, 0.4) is 0 Å². The molecule has 1 aliphatic rings. The highest BCUT2D eigenvalue weighted by molar-refractivity contribution is 6.30. The number of hydrogen-bond donors (Lipinski definition) is 2. The van der Waals surface area contributed by atoms with Gasteiger partial charge in [-0.25, -0.2) is 0 Å². The van der Waals surface area contributed by atoms with Crippen molar-refractivity contribution >= 4 is 29.1 Å². The molecule has 1 heterocycles. The van der Waals surface area contributed by atoms with E-state index in [1.165, 1.54) is 0 Å². The lowest BCUT2D eigenvalue weighted by atomic mass is 9.94. The van der Waals surface area contributed by atoms with Crippen molar-refractivity contribution in [1.82, 2.24) is 10.2 Å². The van der Waals surface area contributed by atoms with Gasteiger partial charge in [0.25, 0.3) is 0 Å². The third-order valence-electron chi connectivity index (χ3n) is 5.23. The van der Waals surface area contributed by atoms with Gasteiger partial charge in [0.1, 0.15) is 0 Å². The van der Waals surface area contributed by atoms with E-state index in [0.717, 1.165) is 31.5 Å². The molecule has 1 saturated heterocycles. The fraction of sp³-hybridized carbons (Fsp3) is 0.364. The van der Waals surface area contributed by atoms with E-state index in [1.54, 1.807) is 12.1 Å². The number of halogens is 1. The predicted molar refractivity (Wildman–Crippen MR) is 112 cm³/mol. The first-order valence-corrected chi connectivity index (χ1v) is 10.0. The quantitative estimate of drug-likeness (QED) is 0.778. The normalized spacial score (nSPS) is 16.4. The van der Waals surface area contributed by atoms with Gasteiger partial charge in [-0.2, -0.15) is 0 Å². The Morgan fingerprint density at radius 3 is 2.50 bits per heavy atom. The molecule has 2 N–H and O–H groups in total. The van der Waals surface area contributed by atoms with E-state index in [4.69, 9.17) is 11.6 Å². The molecular weight excluding hydrogens is 374 g/mol. The largest absolute Gasteiger partial charge is 0.352 e. The van der Waals surface area contributed by atoms with Crippen LogP contribution in [0.5, 0.6) is 0 Å². The van der Waals surface area contributed by atoms with Gasteiger partial charge < -0.3 is 10.6 Å². The molecule has 0 aromatic heterocycles. The summed E-state index contributed by atoms with van der Waals surface area (Å²) in [5, 5.41) is 6.52. The minimum atomic E-state index is -0.257. The van der Waals surface area contributed by atoms with Gasteiger partial charge in [0, 0.05) is 23.2 Å². The highest BCUT2D eigenvalue weighted by Gasteiger charge is 2.29. The summed E-state index contributed by atoms with van der Waals surface area (Å²) in [5.41, 5.74) is 1.79. The number of rotatable bonds is 6. The number of carbonyl (C=O) groups excluding carboxylic acids is 2. The summed E-state index contributed by atoms with van der Waals surface area (Å²) in [7, 11) is 0. The minimum absolute atomic E-state index is 0.00292. The summed E-state index contributed by atoms with van der Waals surface area (Å²) >= 11 is 5.97. The monoisotopic (exact) mass is 399 g/mol. The Balaban J connectivity index is 1.44. The van der Waals surface area contributed by atoms with Crippen molar-refractivity contribution < 1.29 is 9.59 Å². The van der Waals surface area contributed by atoms with Crippen LogP contribution in [0.25, 0.3) is 0 Å². The molecule has 1 fully saturated rings. The van der Waals surface area contributed by atoms with Crippen LogP contribution in [0.1, 0.15) is 25.3 Å². The Morgan fingerprint density at radius 1 is 1.11 bits per heavy atom. The molecule has 0 radical (unpaired) electrons. The third kappa shape index (κ3) is 5.57. The Morgan fingerprint density at radius 2 is 1.82 bits per heavy atom. The number of nitrogens with zero attached hydrogens (tertiary/aromatic N) is 1. The van der Waals surface area contributed by atoms with E-state index in [1.807, 2.05) is 49.4 Å². The van der Waals surface area contributed by atoms with Crippen LogP contribution in [0.2, 0.25) is 5.02 Å². The average molecular weight is 400 g/mol. The molecule has 2 aromatic rings. The van der Waals surface area contributed by atoms with Crippen LogP contribution in [0.4, 0.5) is 5.69 Å². The molecule has 28 heavy (non-hydrogen) atoms. The number of anilines is 1. The van der Waals surface area contributed by atoms with Crippen molar-refractivity contribution in [3.8, 4) is 0 Å². The van der Waals surface area contributed by atoms with Crippen LogP contribution < -0.4 is 10.6 Å². The number of piperidine rings is 1.